The minimum Gasteiger partial charge on any atom is -0.456 e. The van der Waals surface area contributed by atoms with Gasteiger partial charge in [0, 0.05) is 38.2 Å². The van der Waals surface area contributed by atoms with Gasteiger partial charge in [0.1, 0.15) is 11.2 Å². The molecule has 3 nitrogen and oxygen atoms in total. The highest BCUT2D eigenvalue weighted by Gasteiger charge is 2.19. The largest absolute Gasteiger partial charge is 0.456 e. The summed E-state index contributed by atoms with van der Waals surface area (Å²) in [6.07, 6.45) is 0. The molecule has 0 spiro atoms. The van der Waals surface area contributed by atoms with E-state index in [0.717, 1.165) is 60.9 Å². The fraction of sp³-hybridized carbons (Fsp3) is 0. The van der Waals surface area contributed by atoms with Crippen LogP contribution < -0.4 is 0 Å². The molecule has 260 valence electrons. The van der Waals surface area contributed by atoms with Gasteiger partial charge < -0.3 is 8.98 Å². The molecule has 12 rings (SSSR count). The predicted octanol–water partition coefficient (Wildman–Crippen LogP) is 14.5. The molecule has 0 radical (unpaired) electrons. The van der Waals surface area contributed by atoms with E-state index >= 15 is 0 Å². The lowest BCUT2D eigenvalue weighted by Crippen LogP contribution is -1.92. The average molecular weight is 713 g/mol. The van der Waals surface area contributed by atoms with Crippen molar-refractivity contribution in [2.45, 2.75) is 0 Å². The van der Waals surface area contributed by atoms with E-state index in [1.54, 1.807) is 0 Å². The second-order valence-electron chi connectivity index (χ2n) is 14.7. The molecule has 0 saturated carbocycles. The summed E-state index contributed by atoms with van der Waals surface area (Å²) >= 11 is 0. The Balaban J connectivity index is 1.07. The van der Waals surface area contributed by atoms with E-state index in [2.05, 4.69) is 199 Å². The highest BCUT2D eigenvalue weighted by molar-refractivity contribution is 6.18. The third kappa shape index (κ3) is 4.61. The highest BCUT2D eigenvalue weighted by Crippen LogP contribution is 2.43. The van der Waals surface area contributed by atoms with Crippen LogP contribution in [0.15, 0.2) is 199 Å². The van der Waals surface area contributed by atoms with Crippen LogP contribution in [-0.4, -0.2) is 9.55 Å². The van der Waals surface area contributed by atoms with Crippen molar-refractivity contribution in [3.8, 4) is 39.2 Å². The van der Waals surface area contributed by atoms with Crippen LogP contribution in [0.5, 0.6) is 0 Å². The summed E-state index contributed by atoms with van der Waals surface area (Å²) < 4.78 is 8.92. The molecule has 3 heteroatoms. The zero-order valence-electron chi connectivity index (χ0n) is 30.3. The average Bonchev–Trinajstić information content (AvgIpc) is 3.81. The molecule has 0 atom stereocenters. The number of aromatic nitrogens is 2. The van der Waals surface area contributed by atoms with E-state index in [0.29, 0.717) is 0 Å². The van der Waals surface area contributed by atoms with Crippen molar-refractivity contribution in [2.75, 3.05) is 0 Å². The van der Waals surface area contributed by atoms with Crippen LogP contribution in [0.4, 0.5) is 0 Å². The Morgan fingerprint density at radius 3 is 1.91 bits per heavy atom. The number of para-hydroxylation sites is 3. The Kier molecular flexibility index (Phi) is 6.63. The fourth-order valence-electron chi connectivity index (χ4n) is 9.04. The van der Waals surface area contributed by atoms with Crippen LogP contribution in [0.3, 0.4) is 0 Å². The van der Waals surface area contributed by atoms with Gasteiger partial charge in [0.2, 0.25) is 0 Å². The van der Waals surface area contributed by atoms with Crippen LogP contribution in [-0.2, 0) is 0 Å². The van der Waals surface area contributed by atoms with Gasteiger partial charge in [0.15, 0.2) is 0 Å². The third-order valence-corrected chi connectivity index (χ3v) is 11.6. The van der Waals surface area contributed by atoms with Gasteiger partial charge in [0.25, 0.3) is 0 Å². The first kappa shape index (κ1) is 30.9. The summed E-state index contributed by atoms with van der Waals surface area (Å²) in [7, 11) is 0. The van der Waals surface area contributed by atoms with Gasteiger partial charge in [-0.25, -0.2) is 4.98 Å². The number of rotatable bonds is 4. The molecule has 0 unspecified atom stereocenters. The molecule has 0 fully saturated rings. The van der Waals surface area contributed by atoms with Gasteiger partial charge in [-0.3, -0.25) is 0 Å². The Morgan fingerprint density at radius 1 is 0.375 bits per heavy atom. The first-order valence-corrected chi connectivity index (χ1v) is 19.1. The maximum absolute atomic E-state index is 6.56. The van der Waals surface area contributed by atoms with Gasteiger partial charge in [-0.2, -0.15) is 0 Å². The predicted molar refractivity (Wildman–Crippen MR) is 235 cm³/mol. The monoisotopic (exact) mass is 712 g/mol. The number of pyridine rings is 1. The minimum absolute atomic E-state index is 0.851. The maximum Gasteiger partial charge on any atom is 0.136 e. The summed E-state index contributed by atoms with van der Waals surface area (Å²) in [4.78, 5) is 5.34. The molecule has 9 aromatic carbocycles. The normalized spacial score (nSPS) is 11.9. The first-order chi connectivity index (χ1) is 27.8. The second kappa shape index (κ2) is 12.0. The molecular weight excluding hydrogens is 681 g/mol. The summed E-state index contributed by atoms with van der Waals surface area (Å²) in [5.41, 5.74) is 12.9. The number of hydrogen-bond acceptors (Lipinski definition) is 2. The van der Waals surface area contributed by atoms with Crippen molar-refractivity contribution >= 4 is 76.2 Å². The molecule has 0 aliphatic rings. The van der Waals surface area contributed by atoms with E-state index in [-0.39, 0.29) is 0 Å². The Hall–Kier alpha value is -7.49. The number of benzene rings is 9. The molecular formula is C53H32N2O. The van der Waals surface area contributed by atoms with Crippen molar-refractivity contribution < 1.29 is 4.42 Å². The quantitative estimate of drug-likeness (QED) is 0.170. The highest BCUT2D eigenvalue weighted by atomic mass is 16.3. The fourth-order valence-corrected chi connectivity index (χ4v) is 9.04. The molecule has 3 heterocycles. The van der Waals surface area contributed by atoms with E-state index in [9.17, 15) is 0 Å². The van der Waals surface area contributed by atoms with E-state index in [4.69, 9.17) is 9.40 Å². The van der Waals surface area contributed by atoms with Gasteiger partial charge in [0.05, 0.1) is 22.2 Å². The van der Waals surface area contributed by atoms with Crippen molar-refractivity contribution in [2.24, 2.45) is 0 Å². The van der Waals surface area contributed by atoms with E-state index in [1.165, 1.54) is 54.5 Å². The maximum atomic E-state index is 6.56. The van der Waals surface area contributed by atoms with Crippen LogP contribution >= 0.6 is 0 Å². The van der Waals surface area contributed by atoms with E-state index < -0.39 is 0 Å². The standard InChI is InChI=1S/C53H32N2O/c1-2-14-36(15-3-1)55-49-23-11-9-20-41(49)45-29-33(25-27-50(45)55)34-26-28-51-46(30-34)53-42(21-12-24-52(53)56-51)48-32-44(40-19-8-10-22-47(40)54-48)43-31-35-13-4-5-16-37(35)38-17-6-7-18-39(38)43/h1-32H. The zero-order valence-corrected chi connectivity index (χ0v) is 30.3. The number of furan rings is 1. The lowest BCUT2D eigenvalue weighted by molar-refractivity contribution is 0.669. The number of fused-ring (bicyclic) bond motifs is 10. The Bertz CT molecular complexity index is 3540. The molecule has 3 aromatic heterocycles. The molecule has 0 saturated heterocycles. The zero-order chi connectivity index (χ0) is 36.7. The molecule has 12 aromatic rings. The van der Waals surface area contributed by atoms with Crippen molar-refractivity contribution in [3.63, 3.8) is 0 Å². The van der Waals surface area contributed by atoms with Gasteiger partial charge in [-0.1, -0.05) is 127 Å². The van der Waals surface area contributed by atoms with E-state index in [1.807, 2.05) is 0 Å². The smallest absolute Gasteiger partial charge is 0.136 e. The topological polar surface area (TPSA) is 31.0 Å². The second-order valence-corrected chi connectivity index (χ2v) is 14.7. The summed E-state index contributed by atoms with van der Waals surface area (Å²) in [5, 5.41) is 10.7. The lowest BCUT2D eigenvalue weighted by atomic mass is 9.90. The molecule has 0 aliphatic heterocycles. The van der Waals surface area contributed by atoms with Crippen molar-refractivity contribution in [1.82, 2.24) is 9.55 Å². The molecule has 0 amide bonds. The van der Waals surface area contributed by atoms with Gasteiger partial charge in [-0.15, -0.1) is 0 Å². The molecule has 0 aliphatic carbocycles. The molecule has 56 heavy (non-hydrogen) atoms. The Labute approximate surface area is 322 Å². The van der Waals surface area contributed by atoms with Crippen LogP contribution in [0.2, 0.25) is 0 Å². The van der Waals surface area contributed by atoms with Gasteiger partial charge in [-0.05, 0) is 111 Å². The molecule has 0 N–H and O–H groups in total. The summed E-state index contributed by atoms with van der Waals surface area (Å²) in [6, 6.07) is 69.7. The minimum atomic E-state index is 0.851. The number of nitrogens with zero attached hydrogens (tertiary/aromatic N) is 2. The number of hydrogen-bond donors (Lipinski definition) is 0. The van der Waals surface area contributed by atoms with Crippen LogP contribution in [0.1, 0.15) is 0 Å². The summed E-state index contributed by atoms with van der Waals surface area (Å²) in [5.74, 6) is 0. The lowest BCUT2D eigenvalue weighted by Gasteiger charge is -2.15. The van der Waals surface area contributed by atoms with Crippen molar-refractivity contribution in [3.05, 3.63) is 194 Å². The molecule has 0 bridgehead atoms. The Morgan fingerprint density at radius 2 is 1.04 bits per heavy atom. The van der Waals surface area contributed by atoms with Gasteiger partial charge >= 0.3 is 0 Å². The SMILES string of the molecule is c1ccc(-n2c3ccccc3c3cc(-c4ccc5oc6cccc(-c7cc(-c8cc9ccccc9c9ccccc89)c8ccccc8n7)c6c5c4)ccc32)cc1. The summed E-state index contributed by atoms with van der Waals surface area (Å²) in [6.45, 7) is 0. The first-order valence-electron chi connectivity index (χ1n) is 19.1. The van der Waals surface area contributed by atoms with Crippen LogP contribution in [0, 0.1) is 0 Å². The van der Waals surface area contributed by atoms with Crippen LogP contribution in [0.25, 0.3) is 115 Å². The van der Waals surface area contributed by atoms with Crippen molar-refractivity contribution in [1.29, 1.82) is 0 Å². The third-order valence-electron chi connectivity index (χ3n) is 11.6.